The van der Waals surface area contributed by atoms with Crippen LogP contribution in [0.4, 0.5) is 4.39 Å². The summed E-state index contributed by atoms with van der Waals surface area (Å²) in [4.78, 5) is 10.1. The van der Waals surface area contributed by atoms with Crippen LogP contribution in [0.15, 0.2) is 53.4 Å². The third-order valence-electron chi connectivity index (χ3n) is 3.84. The minimum Gasteiger partial charge on any atom is -0.386 e. The van der Waals surface area contributed by atoms with Gasteiger partial charge in [0.2, 0.25) is 10.0 Å². The summed E-state index contributed by atoms with van der Waals surface area (Å²) in [5, 5.41) is 17.6. The van der Waals surface area contributed by atoms with Crippen molar-refractivity contribution in [3.8, 4) is 11.1 Å². The number of nitrogens with two attached hydrogens (primary N) is 1. The monoisotopic (exact) mass is 434 g/mol. The molecule has 0 radical (unpaired) electrons. The molecule has 0 unspecified atom stereocenters. The molecule has 146 valence electrons. The number of halogens is 3. The van der Waals surface area contributed by atoms with Gasteiger partial charge in [-0.2, -0.15) is 0 Å². The number of aliphatic hydroxyl groups is 1. The number of carbonyl (C=O) groups is 1. The van der Waals surface area contributed by atoms with Crippen LogP contribution in [0.1, 0.15) is 11.7 Å². The molecule has 6 nitrogen and oxygen atoms in total. The number of sulfonamides is 1. The maximum absolute atomic E-state index is 13.2. The fourth-order valence-corrected chi connectivity index (χ4v) is 3.03. The first-order chi connectivity index (χ1) is 12.6. The molecule has 27 heavy (non-hydrogen) atoms. The van der Waals surface area contributed by atoms with Crippen molar-refractivity contribution in [2.45, 2.75) is 21.9 Å². The molecule has 0 bridgehead atoms. The lowest BCUT2D eigenvalue weighted by Gasteiger charge is -2.22. The van der Waals surface area contributed by atoms with E-state index in [-0.39, 0.29) is 4.90 Å². The highest BCUT2D eigenvalue weighted by Gasteiger charge is 2.25. The van der Waals surface area contributed by atoms with E-state index in [1.165, 1.54) is 12.1 Å². The van der Waals surface area contributed by atoms with Crippen molar-refractivity contribution < 1.29 is 22.7 Å². The zero-order valence-corrected chi connectivity index (χ0v) is 16.2. The molecule has 0 spiro atoms. The molecule has 0 aliphatic rings. The van der Waals surface area contributed by atoms with E-state index in [2.05, 4.69) is 5.32 Å². The minimum absolute atomic E-state index is 0.00305. The van der Waals surface area contributed by atoms with Crippen LogP contribution in [0.25, 0.3) is 11.1 Å². The average Bonchev–Trinajstić information content (AvgIpc) is 2.64. The number of hydrogen-bond acceptors (Lipinski definition) is 4. The number of benzene rings is 2. The predicted molar refractivity (Wildman–Crippen MR) is 102 cm³/mol. The van der Waals surface area contributed by atoms with Crippen LogP contribution in [-0.2, 0) is 14.8 Å². The summed E-state index contributed by atoms with van der Waals surface area (Å²) < 4.78 is 35.7. The molecule has 0 fully saturated rings. The SMILES string of the molecule is NS(=O)(=O)c1ccc(-c2ccc([C@@H](O)[C@@H](CF)NC(=O)C(Cl)Cl)cc2)cc1. The Morgan fingerprint density at radius 1 is 1.07 bits per heavy atom. The van der Waals surface area contributed by atoms with E-state index in [0.29, 0.717) is 5.56 Å². The topological polar surface area (TPSA) is 109 Å². The van der Waals surface area contributed by atoms with Crippen LogP contribution in [0.2, 0.25) is 0 Å². The van der Waals surface area contributed by atoms with Crippen molar-refractivity contribution in [2.75, 3.05) is 6.67 Å². The van der Waals surface area contributed by atoms with Gasteiger partial charge in [-0.15, -0.1) is 0 Å². The summed E-state index contributed by atoms with van der Waals surface area (Å²) in [5.41, 5.74) is 1.85. The van der Waals surface area contributed by atoms with Gasteiger partial charge in [0.1, 0.15) is 12.8 Å². The van der Waals surface area contributed by atoms with Gasteiger partial charge in [0.15, 0.2) is 4.84 Å². The molecule has 2 atom stereocenters. The Morgan fingerprint density at radius 2 is 1.56 bits per heavy atom. The van der Waals surface area contributed by atoms with Gasteiger partial charge < -0.3 is 10.4 Å². The third-order valence-corrected chi connectivity index (χ3v) is 5.17. The number of aliphatic hydroxyl groups excluding tert-OH is 1. The highest BCUT2D eigenvalue weighted by atomic mass is 35.5. The number of amides is 1. The Kier molecular flexibility index (Phi) is 7.19. The van der Waals surface area contributed by atoms with Gasteiger partial charge in [-0.25, -0.2) is 17.9 Å². The zero-order valence-electron chi connectivity index (χ0n) is 13.8. The number of nitrogens with one attached hydrogen (secondary N) is 1. The highest BCUT2D eigenvalue weighted by molar-refractivity contribution is 7.89. The van der Waals surface area contributed by atoms with E-state index in [1.807, 2.05) is 0 Å². The maximum Gasteiger partial charge on any atom is 0.253 e. The summed E-state index contributed by atoms with van der Waals surface area (Å²) in [7, 11) is -3.77. The zero-order chi connectivity index (χ0) is 20.2. The summed E-state index contributed by atoms with van der Waals surface area (Å²) in [6.45, 7) is -1.01. The molecule has 0 saturated carbocycles. The van der Waals surface area contributed by atoms with Crippen LogP contribution in [0.3, 0.4) is 0 Å². The van der Waals surface area contributed by atoms with Crippen LogP contribution >= 0.6 is 23.2 Å². The fourth-order valence-electron chi connectivity index (χ4n) is 2.39. The van der Waals surface area contributed by atoms with Crippen molar-refractivity contribution >= 4 is 39.1 Å². The van der Waals surface area contributed by atoms with E-state index < -0.39 is 39.6 Å². The predicted octanol–water partition coefficient (Wildman–Crippen LogP) is 2.29. The average molecular weight is 435 g/mol. The van der Waals surface area contributed by atoms with Gasteiger partial charge in [0.05, 0.1) is 10.9 Å². The molecule has 0 aromatic heterocycles. The first-order valence-electron chi connectivity index (χ1n) is 7.69. The molecule has 0 saturated heterocycles. The van der Waals surface area contributed by atoms with Crippen molar-refractivity contribution in [1.29, 1.82) is 0 Å². The maximum atomic E-state index is 13.2. The number of alkyl halides is 3. The third kappa shape index (κ3) is 5.63. The summed E-state index contributed by atoms with van der Waals surface area (Å²) >= 11 is 10.8. The lowest BCUT2D eigenvalue weighted by atomic mass is 9.99. The quantitative estimate of drug-likeness (QED) is 0.580. The van der Waals surface area contributed by atoms with Gasteiger partial charge in [-0.3, -0.25) is 4.79 Å². The van der Waals surface area contributed by atoms with Crippen molar-refractivity contribution in [3.63, 3.8) is 0 Å². The lowest BCUT2D eigenvalue weighted by molar-refractivity contribution is -0.121. The number of carbonyl (C=O) groups excluding carboxylic acids is 1. The molecular formula is C17H17Cl2FN2O4S. The van der Waals surface area contributed by atoms with Gasteiger partial charge in [-0.05, 0) is 28.8 Å². The fraction of sp³-hybridized carbons (Fsp3) is 0.235. The van der Waals surface area contributed by atoms with Crippen LogP contribution in [0.5, 0.6) is 0 Å². The first-order valence-corrected chi connectivity index (χ1v) is 10.1. The Balaban J connectivity index is 2.17. The van der Waals surface area contributed by atoms with Crippen LogP contribution in [0, 0.1) is 0 Å². The van der Waals surface area contributed by atoms with Crippen molar-refractivity contribution in [1.82, 2.24) is 5.32 Å². The molecule has 4 N–H and O–H groups in total. The molecule has 10 heteroatoms. The largest absolute Gasteiger partial charge is 0.386 e. The summed E-state index contributed by atoms with van der Waals surface area (Å²) in [6, 6.07) is 11.3. The smallest absolute Gasteiger partial charge is 0.253 e. The first kappa shape index (κ1) is 21.6. The Labute approximate surface area is 166 Å². The molecule has 2 aromatic rings. The molecule has 0 heterocycles. The van der Waals surface area contributed by atoms with Crippen molar-refractivity contribution in [3.05, 3.63) is 54.1 Å². The van der Waals surface area contributed by atoms with Crippen LogP contribution < -0.4 is 10.5 Å². The van der Waals surface area contributed by atoms with E-state index in [9.17, 15) is 22.7 Å². The Morgan fingerprint density at radius 3 is 1.96 bits per heavy atom. The summed E-state index contributed by atoms with van der Waals surface area (Å²) in [6.07, 6.45) is -1.30. The van der Waals surface area contributed by atoms with E-state index in [0.717, 1.165) is 11.1 Å². The molecule has 2 aromatic carbocycles. The molecule has 2 rings (SSSR count). The number of rotatable bonds is 7. The van der Waals surface area contributed by atoms with Gasteiger partial charge in [-0.1, -0.05) is 59.6 Å². The number of primary sulfonamides is 1. The lowest BCUT2D eigenvalue weighted by Crippen LogP contribution is -2.43. The highest BCUT2D eigenvalue weighted by Crippen LogP contribution is 2.25. The minimum atomic E-state index is -3.77. The van der Waals surface area contributed by atoms with E-state index in [1.54, 1.807) is 36.4 Å². The molecule has 0 aliphatic heterocycles. The Hall–Kier alpha value is -1.71. The second-order valence-corrected chi connectivity index (χ2v) is 8.36. The normalized spacial score (nSPS) is 14.0. The van der Waals surface area contributed by atoms with Gasteiger partial charge >= 0.3 is 0 Å². The Bertz CT molecular complexity index is 890. The van der Waals surface area contributed by atoms with Gasteiger partial charge in [0.25, 0.3) is 5.91 Å². The molecular weight excluding hydrogens is 418 g/mol. The van der Waals surface area contributed by atoms with E-state index in [4.69, 9.17) is 28.3 Å². The summed E-state index contributed by atoms with van der Waals surface area (Å²) in [5.74, 6) is -0.799. The second-order valence-electron chi connectivity index (χ2n) is 5.71. The van der Waals surface area contributed by atoms with Gasteiger partial charge in [0, 0.05) is 0 Å². The number of hydrogen-bond donors (Lipinski definition) is 3. The van der Waals surface area contributed by atoms with Crippen LogP contribution in [-0.4, -0.2) is 37.0 Å². The van der Waals surface area contributed by atoms with E-state index >= 15 is 0 Å². The standard InChI is InChI=1S/C17H17Cl2FN2O4S/c18-16(19)17(24)22-14(9-20)15(23)12-3-1-10(2-4-12)11-5-7-13(8-6-11)27(21,25)26/h1-8,14-16,23H,9H2,(H,22,24)(H2,21,25,26)/t14-,15-/m1/s1. The second kappa shape index (κ2) is 8.99. The molecule has 0 aliphatic carbocycles. The van der Waals surface area contributed by atoms with Crippen molar-refractivity contribution in [2.24, 2.45) is 5.14 Å². The molecule has 1 amide bonds.